The van der Waals surface area contributed by atoms with Crippen LogP contribution in [0.2, 0.25) is 0 Å². The molecule has 1 atom stereocenters. The zero-order valence-corrected chi connectivity index (χ0v) is 16.6. The van der Waals surface area contributed by atoms with E-state index in [0.717, 1.165) is 57.0 Å². The van der Waals surface area contributed by atoms with Gasteiger partial charge >= 0.3 is 0 Å². The number of nitrogens with zero attached hydrogens (tertiary/aromatic N) is 4. The van der Waals surface area contributed by atoms with Gasteiger partial charge in [-0.3, -0.25) is 4.90 Å². The average molecular weight is 370 g/mol. The highest BCUT2D eigenvalue weighted by molar-refractivity contribution is 5.41. The van der Waals surface area contributed by atoms with Gasteiger partial charge in [0, 0.05) is 38.3 Å². The summed E-state index contributed by atoms with van der Waals surface area (Å²) < 4.78 is 0. The van der Waals surface area contributed by atoms with Crippen LogP contribution in [0, 0.1) is 5.92 Å². The standard InChI is InChI=1S/C21H31N5O/c1-15(2)13-26-10-7-18-20(23-14-22-18)21(26)8-11-25(12-9-21)19-6-4-5-17(24-19)16(3)27/h4-6,14-16,27H,7-13H2,1-3H3,(H,22,23)/t16-/m1/s1. The first-order valence-electron chi connectivity index (χ1n) is 10.2. The van der Waals surface area contributed by atoms with Crippen LogP contribution in [0.25, 0.3) is 0 Å². The molecule has 4 heterocycles. The van der Waals surface area contributed by atoms with Crippen molar-refractivity contribution in [1.82, 2.24) is 19.9 Å². The summed E-state index contributed by atoms with van der Waals surface area (Å²) in [5.74, 6) is 1.61. The van der Waals surface area contributed by atoms with E-state index in [-0.39, 0.29) is 5.54 Å². The first-order valence-corrected chi connectivity index (χ1v) is 10.2. The van der Waals surface area contributed by atoms with Crippen LogP contribution in [0.1, 0.15) is 56.8 Å². The van der Waals surface area contributed by atoms with E-state index in [4.69, 9.17) is 4.98 Å². The Balaban J connectivity index is 1.58. The zero-order valence-electron chi connectivity index (χ0n) is 16.6. The highest BCUT2D eigenvalue weighted by Crippen LogP contribution is 2.43. The van der Waals surface area contributed by atoms with Crippen molar-refractivity contribution in [2.45, 2.75) is 51.7 Å². The van der Waals surface area contributed by atoms with Crippen LogP contribution in [0.5, 0.6) is 0 Å². The van der Waals surface area contributed by atoms with E-state index in [9.17, 15) is 5.11 Å². The number of H-pyrrole nitrogens is 1. The summed E-state index contributed by atoms with van der Waals surface area (Å²) in [4.78, 5) is 17.8. The largest absolute Gasteiger partial charge is 0.387 e. The molecule has 1 fully saturated rings. The summed E-state index contributed by atoms with van der Waals surface area (Å²) in [6, 6.07) is 5.93. The van der Waals surface area contributed by atoms with Crippen LogP contribution in [0.4, 0.5) is 5.82 Å². The number of aliphatic hydroxyl groups is 1. The molecule has 6 heteroatoms. The zero-order chi connectivity index (χ0) is 19.0. The summed E-state index contributed by atoms with van der Waals surface area (Å²) in [6.07, 6.45) is 4.50. The third-order valence-corrected chi connectivity index (χ3v) is 6.08. The van der Waals surface area contributed by atoms with Gasteiger partial charge in [-0.25, -0.2) is 9.97 Å². The maximum atomic E-state index is 9.85. The number of piperidine rings is 1. The Morgan fingerprint density at radius 2 is 1.96 bits per heavy atom. The molecule has 6 nitrogen and oxygen atoms in total. The van der Waals surface area contributed by atoms with Crippen molar-refractivity contribution < 1.29 is 5.11 Å². The topological polar surface area (TPSA) is 68.3 Å². The van der Waals surface area contributed by atoms with Gasteiger partial charge in [-0.1, -0.05) is 19.9 Å². The molecule has 2 aliphatic rings. The Labute approximate surface area is 161 Å². The van der Waals surface area contributed by atoms with Gasteiger partial charge in [0.15, 0.2) is 0 Å². The average Bonchev–Trinajstić information content (AvgIpc) is 3.14. The molecule has 0 saturated carbocycles. The molecule has 4 rings (SSSR count). The van der Waals surface area contributed by atoms with Gasteiger partial charge in [0.1, 0.15) is 5.82 Å². The number of imidazole rings is 1. The second-order valence-corrected chi connectivity index (χ2v) is 8.43. The number of hydrogen-bond acceptors (Lipinski definition) is 5. The highest BCUT2D eigenvalue weighted by Gasteiger charge is 2.46. The molecule has 1 spiro atoms. The minimum absolute atomic E-state index is 0.0379. The van der Waals surface area contributed by atoms with E-state index in [2.05, 4.69) is 39.7 Å². The molecule has 0 amide bonds. The maximum absolute atomic E-state index is 9.85. The van der Waals surface area contributed by atoms with Gasteiger partial charge in [-0.2, -0.15) is 0 Å². The number of aromatic nitrogens is 3. The molecule has 2 aromatic rings. The lowest BCUT2D eigenvalue weighted by atomic mass is 9.78. The number of anilines is 1. The third-order valence-electron chi connectivity index (χ3n) is 6.08. The number of fused-ring (bicyclic) bond motifs is 2. The van der Waals surface area contributed by atoms with Gasteiger partial charge in [0.25, 0.3) is 0 Å². The van der Waals surface area contributed by atoms with Crippen molar-refractivity contribution in [3.63, 3.8) is 0 Å². The van der Waals surface area contributed by atoms with Crippen LogP contribution < -0.4 is 4.90 Å². The molecule has 2 N–H and O–H groups in total. The maximum Gasteiger partial charge on any atom is 0.128 e. The summed E-state index contributed by atoms with van der Waals surface area (Å²) in [7, 11) is 0. The second-order valence-electron chi connectivity index (χ2n) is 8.43. The minimum atomic E-state index is -0.535. The molecule has 0 unspecified atom stereocenters. The lowest BCUT2D eigenvalue weighted by molar-refractivity contribution is 0.0341. The Bertz CT molecular complexity index is 776. The van der Waals surface area contributed by atoms with E-state index in [1.807, 2.05) is 18.5 Å². The van der Waals surface area contributed by atoms with E-state index < -0.39 is 6.10 Å². The third kappa shape index (κ3) is 3.36. The normalized spacial score (nSPS) is 20.9. The Morgan fingerprint density at radius 3 is 2.67 bits per heavy atom. The van der Waals surface area contributed by atoms with Crippen LogP contribution >= 0.6 is 0 Å². The van der Waals surface area contributed by atoms with Crippen LogP contribution in [-0.4, -0.2) is 51.1 Å². The fraction of sp³-hybridized carbons (Fsp3) is 0.619. The summed E-state index contributed by atoms with van der Waals surface area (Å²) in [5.41, 5.74) is 3.36. The van der Waals surface area contributed by atoms with Gasteiger partial charge in [-0.15, -0.1) is 0 Å². The molecular weight excluding hydrogens is 338 g/mol. The summed E-state index contributed by atoms with van der Waals surface area (Å²) >= 11 is 0. The Kier molecular flexibility index (Phi) is 4.95. The molecule has 0 bridgehead atoms. The molecular formula is C21H31N5O. The number of rotatable bonds is 4. The van der Waals surface area contributed by atoms with Crippen molar-refractivity contribution in [2.75, 3.05) is 31.1 Å². The van der Waals surface area contributed by atoms with E-state index >= 15 is 0 Å². The van der Waals surface area contributed by atoms with Gasteiger partial charge in [0.2, 0.25) is 0 Å². The molecule has 27 heavy (non-hydrogen) atoms. The second kappa shape index (κ2) is 7.24. The van der Waals surface area contributed by atoms with E-state index in [1.165, 1.54) is 11.4 Å². The minimum Gasteiger partial charge on any atom is -0.387 e. The summed E-state index contributed by atoms with van der Waals surface area (Å²) in [6.45, 7) is 10.5. The predicted molar refractivity (Wildman–Crippen MR) is 107 cm³/mol. The monoisotopic (exact) mass is 369 g/mol. The molecule has 2 aromatic heterocycles. The molecule has 0 aromatic carbocycles. The Hall–Kier alpha value is -1.92. The van der Waals surface area contributed by atoms with Crippen molar-refractivity contribution in [1.29, 1.82) is 0 Å². The molecule has 0 radical (unpaired) electrons. The SMILES string of the molecule is CC(C)CN1CCc2[nH]cnc2C12CCN(c1cccc([C@@H](C)O)n1)CC2. The molecule has 146 valence electrons. The quantitative estimate of drug-likeness (QED) is 0.867. The van der Waals surface area contributed by atoms with Gasteiger partial charge in [-0.05, 0) is 37.8 Å². The predicted octanol–water partition coefficient (Wildman–Crippen LogP) is 2.87. The van der Waals surface area contributed by atoms with Gasteiger partial charge < -0.3 is 15.0 Å². The number of nitrogens with one attached hydrogen (secondary N) is 1. The molecule has 1 saturated heterocycles. The van der Waals surface area contributed by atoms with Crippen molar-refractivity contribution in [2.24, 2.45) is 5.92 Å². The number of pyridine rings is 1. The highest BCUT2D eigenvalue weighted by atomic mass is 16.3. The fourth-order valence-corrected chi connectivity index (χ4v) is 4.74. The summed E-state index contributed by atoms with van der Waals surface area (Å²) in [5, 5.41) is 9.85. The van der Waals surface area contributed by atoms with Crippen molar-refractivity contribution in [3.05, 3.63) is 41.6 Å². The smallest absolute Gasteiger partial charge is 0.128 e. The van der Waals surface area contributed by atoms with Crippen LogP contribution in [0.15, 0.2) is 24.5 Å². The molecule has 2 aliphatic heterocycles. The van der Waals surface area contributed by atoms with Crippen molar-refractivity contribution in [3.8, 4) is 0 Å². The van der Waals surface area contributed by atoms with Crippen LogP contribution in [0.3, 0.4) is 0 Å². The number of hydrogen-bond donors (Lipinski definition) is 2. The fourth-order valence-electron chi connectivity index (χ4n) is 4.74. The lowest BCUT2D eigenvalue weighted by Crippen LogP contribution is -2.57. The van der Waals surface area contributed by atoms with Crippen molar-refractivity contribution >= 4 is 5.82 Å². The molecule has 0 aliphatic carbocycles. The van der Waals surface area contributed by atoms with E-state index in [0.29, 0.717) is 5.92 Å². The van der Waals surface area contributed by atoms with Gasteiger partial charge in [0.05, 0.1) is 29.4 Å². The first kappa shape index (κ1) is 18.4. The number of aromatic amines is 1. The number of aliphatic hydroxyl groups excluding tert-OH is 1. The Morgan fingerprint density at radius 1 is 1.19 bits per heavy atom. The van der Waals surface area contributed by atoms with Crippen LogP contribution in [-0.2, 0) is 12.0 Å². The lowest BCUT2D eigenvalue weighted by Gasteiger charge is -2.51. The first-order chi connectivity index (χ1) is 13.0. The van der Waals surface area contributed by atoms with E-state index in [1.54, 1.807) is 6.92 Å².